The van der Waals surface area contributed by atoms with Gasteiger partial charge in [-0.1, -0.05) is 36.4 Å². The number of nitrogens with zero attached hydrogens (tertiary/aromatic N) is 2. The van der Waals surface area contributed by atoms with E-state index in [1.54, 1.807) is 24.3 Å². The second kappa shape index (κ2) is 14.7. The van der Waals surface area contributed by atoms with Crippen molar-refractivity contribution in [3.8, 4) is 11.5 Å². The largest absolute Gasteiger partial charge is 0.496 e. The van der Waals surface area contributed by atoms with Gasteiger partial charge in [0.1, 0.15) is 11.5 Å². The first-order valence-electron chi connectivity index (χ1n) is 13.8. The number of methoxy groups -OCH3 is 2. The summed E-state index contributed by atoms with van der Waals surface area (Å²) in [5.74, 6) is 0.154. The maximum atomic E-state index is 13.2. The SMILES string of the molecule is CCN(CC)c1ccc(C=CC(=O)c2cc(C(=O)C=Cc3ccc(N(CC)CC)cc3)c(OC)cc2OC)cc1. The summed E-state index contributed by atoms with van der Waals surface area (Å²) >= 11 is 0. The molecule has 0 aliphatic rings. The van der Waals surface area contributed by atoms with Gasteiger partial charge in [-0.15, -0.1) is 0 Å². The Bertz CT molecular complexity index is 1230. The highest BCUT2D eigenvalue weighted by atomic mass is 16.5. The summed E-state index contributed by atoms with van der Waals surface area (Å²) in [6.45, 7) is 12.2. The van der Waals surface area contributed by atoms with Crippen LogP contribution in [0.1, 0.15) is 59.5 Å². The molecule has 0 heterocycles. The highest BCUT2D eigenvalue weighted by Crippen LogP contribution is 2.31. The van der Waals surface area contributed by atoms with Crippen LogP contribution in [0.15, 0.2) is 72.8 Å². The molecule has 0 radical (unpaired) electrons. The van der Waals surface area contributed by atoms with Crippen molar-refractivity contribution in [3.63, 3.8) is 0 Å². The van der Waals surface area contributed by atoms with Crippen LogP contribution in [0.2, 0.25) is 0 Å². The molecule has 3 rings (SSSR count). The van der Waals surface area contributed by atoms with Gasteiger partial charge in [0, 0.05) is 43.6 Å². The molecular weight excluding hydrogens is 500 g/mol. The summed E-state index contributed by atoms with van der Waals surface area (Å²) in [4.78, 5) is 30.9. The number of ether oxygens (including phenoxy) is 2. The molecule has 0 spiro atoms. The molecule has 210 valence electrons. The van der Waals surface area contributed by atoms with E-state index >= 15 is 0 Å². The van der Waals surface area contributed by atoms with Crippen LogP contribution in [0.25, 0.3) is 12.2 Å². The van der Waals surface area contributed by atoms with E-state index in [0.717, 1.165) is 48.7 Å². The molecule has 0 unspecified atom stereocenters. The Kier molecular flexibility index (Phi) is 11.1. The van der Waals surface area contributed by atoms with Gasteiger partial charge in [-0.2, -0.15) is 0 Å². The number of benzene rings is 3. The fraction of sp³-hybridized carbons (Fsp3) is 0.294. The Morgan fingerprint density at radius 2 is 0.950 bits per heavy atom. The summed E-state index contributed by atoms with van der Waals surface area (Å²) in [5, 5.41) is 0. The molecule has 0 aliphatic heterocycles. The lowest BCUT2D eigenvalue weighted by molar-refractivity contribution is 0.104. The fourth-order valence-corrected chi connectivity index (χ4v) is 4.58. The summed E-state index contributed by atoms with van der Waals surface area (Å²) in [6, 6.07) is 19.2. The van der Waals surface area contributed by atoms with Gasteiger partial charge in [0.15, 0.2) is 11.6 Å². The van der Waals surface area contributed by atoms with E-state index in [2.05, 4.69) is 37.5 Å². The van der Waals surface area contributed by atoms with E-state index in [4.69, 9.17) is 9.47 Å². The number of carbonyl (C=O) groups is 2. The van der Waals surface area contributed by atoms with Crippen LogP contribution in [0, 0.1) is 0 Å². The number of ketones is 2. The van der Waals surface area contributed by atoms with Crippen molar-refractivity contribution in [1.29, 1.82) is 0 Å². The number of hydrogen-bond acceptors (Lipinski definition) is 6. The lowest BCUT2D eigenvalue weighted by Gasteiger charge is -2.20. The number of anilines is 2. The highest BCUT2D eigenvalue weighted by Gasteiger charge is 2.19. The average Bonchev–Trinajstić information content (AvgIpc) is 3.00. The minimum atomic E-state index is -0.266. The van der Waals surface area contributed by atoms with Gasteiger partial charge in [-0.05, 0) is 81.3 Å². The van der Waals surface area contributed by atoms with Crippen LogP contribution in [0.4, 0.5) is 11.4 Å². The van der Waals surface area contributed by atoms with Crippen LogP contribution < -0.4 is 19.3 Å². The van der Waals surface area contributed by atoms with Crippen molar-refractivity contribution in [2.75, 3.05) is 50.2 Å². The van der Waals surface area contributed by atoms with E-state index in [1.165, 1.54) is 26.4 Å². The Morgan fingerprint density at radius 1 is 0.600 bits per heavy atom. The van der Waals surface area contributed by atoms with E-state index in [9.17, 15) is 9.59 Å². The van der Waals surface area contributed by atoms with Crippen molar-refractivity contribution in [1.82, 2.24) is 0 Å². The van der Waals surface area contributed by atoms with Gasteiger partial charge in [-0.25, -0.2) is 0 Å². The summed E-state index contributed by atoms with van der Waals surface area (Å²) in [6.07, 6.45) is 6.53. The van der Waals surface area contributed by atoms with Gasteiger partial charge in [0.05, 0.1) is 25.3 Å². The molecule has 0 bridgehead atoms. The van der Waals surface area contributed by atoms with E-state index < -0.39 is 0 Å². The molecule has 6 heteroatoms. The Labute approximate surface area is 238 Å². The lowest BCUT2D eigenvalue weighted by Crippen LogP contribution is -2.21. The molecule has 0 aliphatic carbocycles. The summed E-state index contributed by atoms with van der Waals surface area (Å²) in [7, 11) is 2.98. The smallest absolute Gasteiger partial charge is 0.189 e. The van der Waals surface area contributed by atoms with E-state index in [-0.39, 0.29) is 11.6 Å². The molecule has 0 amide bonds. The van der Waals surface area contributed by atoms with Crippen LogP contribution in [-0.4, -0.2) is 52.0 Å². The van der Waals surface area contributed by atoms with Crippen molar-refractivity contribution in [2.45, 2.75) is 27.7 Å². The topological polar surface area (TPSA) is 59.1 Å². The predicted molar refractivity (Wildman–Crippen MR) is 166 cm³/mol. The molecule has 0 fully saturated rings. The van der Waals surface area contributed by atoms with Gasteiger partial charge < -0.3 is 19.3 Å². The molecule has 0 saturated heterocycles. The minimum Gasteiger partial charge on any atom is -0.496 e. The molecule has 0 saturated carbocycles. The quantitative estimate of drug-likeness (QED) is 0.159. The standard InChI is InChI=1S/C34H40N2O4/c1-7-35(8-2)27-17-11-25(12-18-27)15-21-31(37)29-23-30(34(40-6)24-33(29)39-5)32(38)22-16-26-13-19-28(20-14-26)36(9-3)10-4/h11-24H,7-10H2,1-6H3. The van der Waals surface area contributed by atoms with E-state index in [1.807, 2.05) is 48.5 Å². The zero-order valence-corrected chi connectivity index (χ0v) is 24.4. The van der Waals surface area contributed by atoms with Crippen LogP contribution in [-0.2, 0) is 0 Å². The first-order chi connectivity index (χ1) is 19.4. The second-order valence-corrected chi connectivity index (χ2v) is 9.18. The predicted octanol–water partition coefficient (Wildman–Crippen LogP) is 7.19. The molecular formula is C34H40N2O4. The lowest BCUT2D eigenvalue weighted by atomic mass is 10.0. The van der Waals surface area contributed by atoms with Crippen molar-refractivity contribution in [2.24, 2.45) is 0 Å². The van der Waals surface area contributed by atoms with E-state index in [0.29, 0.717) is 22.6 Å². The van der Waals surface area contributed by atoms with Gasteiger partial charge in [0.2, 0.25) is 0 Å². The average molecular weight is 541 g/mol. The molecule has 0 aromatic heterocycles. The highest BCUT2D eigenvalue weighted by molar-refractivity contribution is 6.13. The van der Waals surface area contributed by atoms with Crippen LogP contribution in [0.5, 0.6) is 11.5 Å². The third-order valence-corrected chi connectivity index (χ3v) is 6.95. The first-order valence-corrected chi connectivity index (χ1v) is 13.8. The first kappa shape index (κ1) is 30.2. The Hall–Kier alpha value is -4.32. The van der Waals surface area contributed by atoms with Crippen LogP contribution in [0.3, 0.4) is 0 Å². The van der Waals surface area contributed by atoms with Crippen molar-refractivity contribution >= 4 is 35.1 Å². The fourth-order valence-electron chi connectivity index (χ4n) is 4.58. The minimum absolute atomic E-state index is 0.266. The molecule has 3 aromatic carbocycles. The normalized spacial score (nSPS) is 11.2. The summed E-state index contributed by atoms with van der Waals surface area (Å²) in [5.41, 5.74) is 4.67. The maximum absolute atomic E-state index is 13.2. The number of allylic oxidation sites excluding steroid dienone is 2. The van der Waals surface area contributed by atoms with Crippen molar-refractivity contribution < 1.29 is 19.1 Å². The van der Waals surface area contributed by atoms with Gasteiger partial charge in [-0.3, -0.25) is 9.59 Å². The second-order valence-electron chi connectivity index (χ2n) is 9.18. The molecule has 40 heavy (non-hydrogen) atoms. The number of hydrogen-bond donors (Lipinski definition) is 0. The molecule has 0 N–H and O–H groups in total. The Balaban J connectivity index is 1.83. The summed E-state index contributed by atoms with van der Waals surface area (Å²) < 4.78 is 10.9. The van der Waals surface area contributed by atoms with Gasteiger partial charge >= 0.3 is 0 Å². The van der Waals surface area contributed by atoms with Crippen molar-refractivity contribution in [3.05, 3.63) is 95.1 Å². The zero-order valence-electron chi connectivity index (χ0n) is 24.4. The third-order valence-electron chi connectivity index (χ3n) is 6.95. The molecule has 3 aromatic rings. The maximum Gasteiger partial charge on any atom is 0.189 e. The molecule has 6 nitrogen and oxygen atoms in total. The zero-order chi connectivity index (χ0) is 29.1. The Morgan fingerprint density at radius 3 is 1.25 bits per heavy atom. The van der Waals surface area contributed by atoms with Crippen LogP contribution >= 0.6 is 0 Å². The third kappa shape index (κ3) is 7.41. The monoisotopic (exact) mass is 540 g/mol. The van der Waals surface area contributed by atoms with Gasteiger partial charge in [0.25, 0.3) is 0 Å². The number of carbonyl (C=O) groups excluding carboxylic acids is 2. The molecule has 0 atom stereocenters. The number of rotatable bonds is 14.